The summed E-state index contributed by atoms with van der Waals surface area (Å²) in [7, 11) is 1.61. The number of hydrogen-bond acceptors (Lipinski definition) is 3. The Kier molecular flexibility index (Phi) is 6.57. The Labute approximate surface area is 147 Å². The molecule has 1 unspecified atom stereocenters. The van der Waals surface area contributed by atoms with Gasteiger partial charge < -0.3 is 15.2 Å². The van der Waals surface area contributed by atoms with Gasteiger partial charge in [-0.1, -0.05) is 49.4 Å². The van der Waals surface area contributed by atoms with Crippen molar-refractivity contribution in [3.05, 3.63) is 65.7 Å². The number of carbonyl (C=O) groups is 2. The summed E-state index contributed by atoms with van der Waals surface area (Å²) in [5.74, 6) is -0.565. The number of carbonyl (C=O) groups excluding carboxylic acids is 1. The van der Waals surface area contributed by atoms with E-state index >= 15 is 0 Å². The number of carboxylic acids is 1. The zero-order chi connectivity index (χ0) is 18.2. The Balaban J connectivity index is 2.06. The van der Waals surface area contributed by atoms with Crippen molar-refractivity contribution in [2.24, 2.45) is 0 Å². The van der Waals surface area contributed by atoms with Crippen LogP contribution in [0.5, 0.6) is 5.75 Å². The van der Waals surface area contributed by atoms with Crippen LogP contribution in [-0.2, 0) is 9.59 Å². The van der Waals surface area contributed by atoms with Crippen molar-refractivity contribution >= 4 is 11.9 Å². The Morgan fingerprint density at radius 3 is 2.20 bits per heavy atom. The average Bonchev–Trinajstić information content (AvgIpc) is 2.64. The highest BCUT2D eigenvalue weighted by molar-refractivity contribution is 5.85. The number of methoxy groups -OCH3 is 1. The van der Waals surface area contributed by atoms with Gasteiger partial charge in [0.05, 0.1) is 7.11 Å². The van der Waals surface area contributed by atoms with Gasteiger partial charge in [-0.25, -0.2) is 4.79 Å². The lowest BCUT2D eigenvalue weighted by molar-refractivity contribution is -0.142. The molecule has 0 aliphatic rings. The number of carboxylic acid groups (broad SMARTS) is 1. The lowest BCUT2D eigenvalue weighted by Gasteiger charge is -2.19. The second-order valence-corrected chi connectivity index (χ2v) is 5.83. The summed E-state index contributed by atoms with van der Waals surface area (Å²) in [6.07, 6.45) is 1.02. The smallest absolute Gasteiger partial charge is 0.330 e. The lowest BCUT2D eigenvalue weighted by Crippen LogP contribution is -2.34. The predicted molar refractivity (Wildman–Crippen MR) is 95.6 cm³/mol. The molecule has 0 radical (unpaired) electrons. The second-order valence-electron chi connectivity index (χ2n) is 5.83. The van der Waals surface area contributed by atoms with Crippen LogP contribution >= 0.6 is 0 Å². The molecule has 2 aromatic carbocycles. The number of aliphatic carboxylic acids is 1. The van der Waals surface area contributed by atoms with E-state index in [2.05, 4.69) is 5.32 Å². The summed E-state index contributed by atoms with van der Waals surface area (Å²) in [5, 5.41) is 12.0. The van der Waals surface area contributed by atoms with Crippen LogP contribution in [0.4, 0.5) is 0 Å². The van der Waals surface area contributed by atoms with E-state index in [1.165, 1.54) is 0 Å². The first-order valence-electron chi connectivity index (χ1n) is 8.26. The first-order chi connectivity index (χ1) is 12.0. The molecule has 2 N–H and O–H groups in total. The van der Waals surface area contributed by atoms with E-state index in [-0.39, 0.29) is 18.2 Å². The maximum absolute atomic E-state index is 12.4. The number of nitrogens with one attached hydrogen (secondary N) is 1. The number of ether oxygens (including phenoxy) is 1. The first kappa shape index (κ1) is 18.5. The molecule has 2 aromatic rings. The van der Waals surface area contributed by atoms with Gasteiger partial charge in [-0.2, -0.15) is 0 Å². The normalized spacial score (nSPS) is 12.9. The van der Waals surface area contributed by atoms with Gasteiger partial charge in [0.25, 0.3) is 0 Å². The quantitative estimate of drug-likeness (QED) is 0.770. The molecule has 0 fully saturated rings. The molecule has 25 heavy (non-hydrogen) atoms. The Bertz CT molecular complexity index is 697. The van der Waals surface area contributed by atoms with Gasteiger partial charge in [0.15, 0.2) is 6.04 Å². The van der Waals surface area contributed by atoms with Gasteiger partial charge in [0.2, 0.25) is 5.91 Å². The standard InChI is InChI=1S/C20H23NO4/c1-3-14(15-9-11-17(25-2)12-10-15)13-18(22)21-19(20(23)24)16-7-5-4-6-8-16/h4-12,14,19H,3,13H2,1-2H3,(H,21,22)(H,23,24)/t14?,19-/m0/s1. The third-order valence-corrected chi connectivity index (χ3v) is 4.20. The van der Waals surface area contributed by atoms with Gasteiger partial charge in [-0.15, -0.1) is 0 Å². The lowest BCUT2D eigenvalue weighted by atomic mass is 9.92. The summed E-state index contributed by atoms with van der Waals surface area (Å²) in [4.78, 5) is 23.9. The summed E-state index contributed by atoms with van der Waals surface area (Å²) in [6, 6.07) is 15.3. The molecule has 2 rings (SSSR count). The Morgan fingerprint density at radius 1 is 1.04 bits per heavy atom. The number of hydrogen-bond donors (Lipinski definition) is 2. The van der Waals surface area contributed by atoms with Crippen LogP contribution in [0.25, 0.3) is 0 Å². The summed E-state index contributed by atoms with van der Waals surface area (Å²) in [6.45, 7) is 2.01. The van der Waals surface area contributed by atoms with E-state index in [1.54, 1.807) is 37.4 Å². The molecule has 0 aromatic heterocycles. The van der Waals surface area contributed by atoms with Gasteiger partial charge in [-0.05, 0) is 35.6 Å². The Hall–Kier alpha value is -2.82. The maximum Gasteiger partial charge on any atom is 0.330 e. The summed E-state index contributed by atoms with van der Waals surface area (Å²) in [5.41, 5.74) is 1.59. The van der Waals surface area contributed by atoms with Gasteiger partial charge in [0.1, 0.15) is 5.75 Å². The molecular formula is C20H23NO4. The molecule has 2 atom stereocenters. The molecule has 0 bridgehead atoms. The molecule has 5 nitrogen and oxygen atoms in total. The molecule has 0 saturated heterocycles. The third-order valence-electron chi connectivity index (χ3n) is 4.20. The number of benzene rings is 2. The van der Waals surface area contributed by atoms with E-state index in [4.69, 9.17) is 4.74 Å². The van der Waals surface area contributed by atoms with Gasteiger partial charge >= 0.3 is 5.97 Å². The van der Waals surface area contributed by atoms with Crippen LogP contribution in [0.1, 0.15) is 42.9 Å². The minimum Gasteiger partial charge on any atom is -0.497 e. The zero-order valence-corrected chi connectivity index (χ0v) is 14.4. The van der Waals surface area contributed by atoms with E-state index in [0.29, 0.717) is 5.56 Å². The molecule has 0 aliphatic heterocycles. The van der Waals surface area contributed by atoms with E-state index in [1.807, 2.05) is 31.2 Å². The predicted octanol–water partition coefficient (Wildman–Crippen LogP) is 3.52. The summed E-state index contributed by atoms with van der Waals surface area (Å²) < 4.78 is 5.15. The maximum atomic E-state index is 12.4. The number of amides is 1. The number of rotatable bonds is 8. The molecule has 1 amide bonds. The van der Waals surface area contributed by atoms with Crippen molar-refractivity contribution < 1.29 is 19.4 Å². The fourth-order valence-electron chi connectivity index (χ4n) is 2.75. The van der Waals surface area contributed by atoms with Crippen LogP contribution < -0.4 is 10.1 Å². The molecule has 132 valence electrons. The highest BCUT2D eigenvalue weighted by atomic mass is 16.5. The minimum atomic E-state index is -1.07. The van der Waals surface area contributed by atoms with Crippen molar-refractivity contribution in [1.29, 1.82) is 0 Å². The highest BCUT2D eigenvalue weighted by Gasteiger charge is 2.23. The molecular weight excluding hydrogens is 318 g/mol. The van der Waals surface area contributed by atoms with Gasteiger partial charge in [-0.3, -0.25) is 4.79 Å². The zero-order valence-electron chi connectivity index (χ0n) is 14.4. The van der Waals surface area contributed by atoms with Crippen molar-refractivity contribution in [2.45, 2.75) is 31.7 Å². The monoisotopic (exact) mass is 341 g/mol. The minimum absolute atomic E-state index is 0.0242. The fourth-order valence-corrected chi connectivity index (χ4v) is 2.75. The van der Waals surface area contributed by atoms with E-state index in [0.717, 1.165) is 17.7 Å². The fraction of sp³-hybridized carbons (Fsp3) is 0.300. The SMILES string of the molecule is CCC(CC(=O)N[C@H](C(=O)O)c1ccccc1)c1ccc(OC)cc1. The van der Waals surface area contributed by atoms with Crippen molar-refractivity contribution in [3.63, 3.8) is 0 Å². The topological polar surface area (TPSA) is 75.6 Å². The Morgan fingerprint density at radius 2 is 1.68 bits per heavy atom. The average molecular weight is 341 g/mol. The molecule has 0 saturated carbocycles. The van der Waals surface area contributed by atoms with Crippen LogP contribution in [0.15, 0.2) is 54.6 Å². The van der Waals surface area contributed by atoms with Crippen molar-refractivity contribution in [3.8, 4) is 5.75 Å². The van der Waals surface area contributed by atoms with Gasteiger partial charge in [0, 0.05) is 6.42 Å². The van der Waals surface area contributed by atoms with Crippen LogP contribution in [0, 0.1) is 0 Å². The molecule has 0 heterocycles. The molecule has 0 aliphatic carbocycles. The van der Waals surface area contributed by atoms with E-state index < -0.39 is 12.0 Å². The summed E-state index contributed by atoms with van der Waals surface area (Å²) >= 11 is 0. The largest absolute Gasteiger partial charge is 0.497 e. The third kappa shape index (κ3) is 5.08. The first-order valence-corrected chi connectivity index (χ1v) is 8.26. The highest BCUT2D eigenvalue weighted by Crippen LogP contribution is 2.25. The van der Waals surface area contributed by atoms with Crippen molar-refractivity contribution in [2.75, 3.05) is 7.11 Å². The van der Waals surface area contributed by atoms with Crippen LogP contribution in [0.2, 0.25) is 0 Å². The van der Waals surface area contributed by atoms with Crippen LogP contribution in [-0.4, -0.2) is 24.1 Å². The van der Waals surface area contributed by atoms with Crippen LogP contribution in [0.3, 0.4) is 0 Å². The molecule has 5 heteroatoms. The second kappa shape index (κ2) is 8.87. The van der Waals surface area contributed by atoms with Crippen molar-refractivity contribution in [1.82, 2.24) is 5.32 Å². The molecule has 0 spiro atoms. The van der Waals surface area contributed by atoms with E-state index in [9.17, 15) is 14.7 Å².